The maximum atomic E-state index is 13.1. The van der Waals surface area contributed by atoms with Gasteiger partial charge in [-0.05, 0) is 25.0 Å². The normalized spacial score (nSPS) is 15.9. The van der Waals surface area contributed by atoms with Crippen molar-refractivity contribution in [2.75, 3.05) is 13.2 Å². The highest BCUT2D eigenvalue weighted by molar-refractivity contribution is 5.98. The van der Waals surface area contributed by atoms with Crippen LogP contribution in [0.3, 0.4) is 0 Å². The van der Waals surface area contributed by atoms with E-state index >= 15 is 0 Å². The summed E-state index contributed by atoms with van der Waals surface area (Å²) in [7, 11) is 0. The molecule has 0 aromatic heterocycles. The third kappa shape index (κ3) is 2.87. The Morgan fingerprint density at radius 2 is 2.21 bits per heavy atom. The summed E-state index contributed by atoms with van der Waals surface area (Å²) >= 11 is 0. The first kappa shape index (κ1) is 13.4. The van der Waals surface area contributed by atoms with Crippen molar-refractivity contribution in [2.24, 2.45) is 5.41 Å². The standard InChI is InChI=1S/C12H13FN2O4/c13-8-1-2-10(15(18)19)9(5-8)11(17)14-6-12(7-16)3-4-12/h1-2,5,16H,3-4,6-7H2,(H,14,17). The van der Waals surface area contributed by atoms with E-state index in [1.54, 1.807) is 0 Å². The molecule has 2 N–H and O–H groups in total. The van der Waals surface area contributed by atoms with Crippen molar-refractivity contribution in [2.45, 2.75) is 12.8 Å². The number of nitrogens with zero attached hydrogens (tertiary/aromatic N) is 1. The summed E-state index contributed by atoms with van der Waals surface area (Å²) in [5.41, 5.74) is -1.05. The first-order chi connectivity index (χ1) is 8.97. The Balaban J connectivity index is 2.14. The summed E-state index contributed by atoms with van der Waals surface area (Å²) < 4.78 is 13.1. The van der Waals surface area contributed by atoms with Crippen LogP contribution in [-0.2, 0) is 0 Å². The highest BCUT2D eigenvalue weighted by Crippen LogP contribution is 2.44. The van der Waals surface area contributed by atoms with Gasteiger partial charge in [0.05, 0.1) is 11.5 Å². The number of nitro benzene ring substituents is 1. The van der Waals surface area contributed by atoms with E-state index in [0.717, 1.165) is 31.0 Å². The van der Waals surface area contributed by atoms with Gasteiger partial charge in [-0.1, -0.05) is 0 Å². The number of carbonyl (C=O) groups is 1. The van der Waals surface area contributed by atoms with Crippen LogP contribution in [0.15, 0.2) is 18.2 Å². The topological polar surface area (TPSA) is 92.5 Å². The molecule has 1 aliphatic carbocycles. The van der Waals surface area contributed by atoms with Gasteiger partial charge in [0.25, 0.3) is 11.6 Å². The van der Waals surface area contributed by atoms with Gasteiger partial charge in [-0.15, -0.1) is 0 Å². The minimum absolute atomic E-state index is 0.0431. The molecule has 1 saturated carbocycles. The minimum Gasteiger partial charge on any atom is -0.396 e. The fourth-order valence-corrected chi connectivity index (χ4v) is 1.78. The van der Waals surface area contributed by atoms with E-state index in [0.29, 0.717) is 0 Å². The third-order valence-corrected chi connectivity index (χ3v) is 3.32. The Bertz CT molecular complexity index is 528. The van der Waals surface area contributed by atoms with Crippen molar-refractivity contribution in [1.29, 1.82) is 0 Å². The van der Waals surface area contributed by atoms with Crippen LogP contribution in [0.1, 0.15) is 23.2 Å². The Kier molecular flexibility index (Phi) is 3.48. The largest absolute Gasteiger partial charge is 0.396 e. The summed E-state index contributed by atoms with van der Waals surface area (Å²) in [4.78, 5) is 21.9. The molecule has 6 nitrogen and oxygen atoms in total. The molecule has 2 rings (SSSR count). The number of nitrogens with one attached hydrogen (secondary N) is 1. The molecule has 0 bridgehead atoms. The van der Waals surface area contributed by atoms with Gasteiger partial charge < -0.3 is 10.4 Å². The van der Waals surface area contributed by atoms with Crippen LogP contribution < -0.4 is 5.32 Å². The molecule has 0 heterocycles. The molecule has 1 aromatic rings. The van der Waals surface area contributed by atoms with E-state index in [1.165, 1.54) is 0 Å². The number of benzene rings is 1. The number of aliphatic hydroxyl groups is 1. The third-order valence-electron chi connectivity index (χ3n) is 3.32. The molecule has 0 radical (unpaired) electrons. The van der Waals surface area contributed by atoms with Crippen molar-refractivity contribution in [3.05, 3.63) is 39.7 Å². The smallest absolute Gasteiger partial charge is 0.282 e. The second-order valence-electron chi connectivity index (χ2n) is 4.76. The van der Waals surface area contributed by atoms with Crippen molar-refractivity contribution < 1.29 is 19.2 Å². The quantitative estimate of drug-likeness (QED) is 0.620. The van der Waals surface area contributed by atoms with Crippen LogP contribution >= 0.6 is 0 Å². The van der Waals surface area contributed by atoms with Crippen molar-refractivity contribution in [3.8, 4) is 0 Å². The number of rotatable bonds is 5. The fraction of sp³-hybridized carbons (Fsp3) is 0.417. The average molecular weight is 268 g/mol. The van der Waals surface area contributed by atoms with Gasteiger partial charge in [0, 0.05) is 18.0 Å². The lowest BCUT2D eigenvalue weighted by Gasteiger charge is -2.12. The number of aliphatic hydroxyl groups excluding tert-OH is 1. The summed E-state index contributed by atoms with van der Waals surface area (Å²) in [5.74, 6) is -1.41. The first-order valence-corrected chi connectivity index (χ1v) is 5.80. The van der Waals surface area contributed by atoms with E-state index in [-0.39, 0.29) is 24.1 Å². The lowest BCUT2D eigenvalue weighted by atomic mass is 10.1. The zero-order valence-corrected chi connectivity index (χ0v) is 10.1. The van der Waals surface area contributed by atoms with E-state index in [9.17, 15) is 19.3 Å². The Morgan fingerprint density at radius 3 is 2.74 bits per heavy atom. The Morgan fingerprint density at radius 1 is 1.53 bits per heavy atom. The molecule has 102 valence electrons. The molecular weight excluding hydrogens is 255 g/mol. The zero-order valence-electron chi connectivity index (χ0n) is 10.1. The van der Waals surface area contributed by atoms with Gasteiger partial charge in [-0.2, -0.15) is 0 Å². The molecule has 0 spiro atoms. The molecule has 0 atom stereocenters. The van der Waals surface area contributed by atoms with Crippen LogP contribution in [0.25, 0.3) is 0 Å². The Hall–Kier alpha value is -2.02. The number of halogens is 1. The lowest BCUT2D eigenvalue weighted by Crippen LogP contribution is -2.32. The summed E-state index contributed by atoms with van der Waals surface area (Å²) in [5, 5.41) is 22.4. The average Bonchev–Trinajstić information content (AvgIpc) is 3.16. The first-order valence-electron chi connectivity index (χ1n) is 5.80. The number of hydrogen-bond acceptors (Lipinski definition) is 4. The molecule has 19 heavy (non-hydrogen) atoms. The fourth-order valence-electron chi connectivity index (χ4n) is 1.78. The Labute approximate surface area is 108 Å². The second-order valence-corrected chi connectivity index (χ2v) is 4.76. The molecule has 1 amide bonds. The summed E-state index contributed by atoms with van der Waals surface area (Å²) in [6.45, 7) is 0.189. The number of hydrogen-bond donors (Lipinski definition) is 2. The SMILES string of the molecule is O=C(NCC1(CO)CC1)c1cc(F)ccc1[N+](=O)[O-]. The molecule has 0 unspecified atom stereocenters. The molecule has 1 fully saturated rings. The molecular formula is C12H13FN2O4. The summed E-state index contributed by atoms with van der Waals surface area (Å²) in [6.07, 6.45) is 1.60. The van der Waals surface area contributed by atoms with Crippen LogP contribution in [0.5, 0.6) is 0 Å². The predicted molar refractivity (Wildman–Crippen MR) is 64.1 cm³/mol. The highest BCUT2D eigenvalue weighted by Gasteiger charge is 2.42. The van der Waals surface area contributed by atoms with Gasteiger partial charge in [0.2, 0.25) is 0 Å². The number of amides is 1. The van der Waals surface area contributed by atoms with Crippen LogP contribution in [0, 0.1) is 21.3 Å². The van der Waals surface area contributed by atoms with E-state index in [4.69, 9.17) is 5.11 Å². The molecule has 7 heteroatoms. The van der Waals surface area contributed by atoms with Gasteiger partial charge in [0.15, 0.2) is 0 Å². The molecule has 1 aromatic carbocycles. The number of nitro groups is 1. The highest BCUT2D eigenvalue weighted by atomic mass is 19.1. The summed E-state index contributed by atoms with van der Waals surface area (Å²) in [6, 6.07) is 2.74. The minimum atomic E-state index is -0.729. The van der Waals surface area contributed by atoms with Crippen molar-refractivity contribution in [1.82, 2.24) is 5.32 Å². The van der Waals surface area contributed by atoms with E-state index < -0.39 is 22.3 Å². The van der Waals surface area contributed by atoms with Crippen molar-refractivity contribution in [3.63, 3.8) is 0 Å². The maximum absolute atomic E-state index is 13.1. The molecule has 0 aliphatic heterocycles. The van der Waals surface area contributed by atoms with Crippen LogP contribution in [0.2, 0.25) is 0 Å². The maximum Gasteiger partial charge on any atom is 0.282 e. The number of carbonyl (C=O) groups excluding carboxylic acids is 1. The van der Waals surface area contributed by atoms with Crippen molar-refractivity contribution >= 4 is 11.6 Å². The second kappa shape index (κ2) is 4.93. The van der Waals surface area contributed by atoms with Gasteiger partial charge in [-0.25, -0.2) is 4.39 Å². The van der Waals surface area contributed by atoms with E-state index in [1.807, 2.05) is 0 Å². The molecule has 0 saturated heterocycles. The van der Waals surface area contributed by atoms with Crippen LogP contribution in [0.4, 0.5) is 10.1 Å². The van der Waals surface area contributed by atoms with Gasteiger partial charge in [-0.3, -0.25) is 14.9 Å². The van der Waals surface area contributed by atoms with Gasteiger partial charge >= 0.3 is 0 Å². The van der Waals surface area contributed by atoms with Crippen LogP contribution in [-0.4, -0.2) is 29.1 Å². The van der Waals surface area contributed by atoms with Gasteiger partial charge in [0.1, 0.15) is 11.4 Å². The van der Waals surface area contributed by atoms with E-state index in [2.05, 4.69) is 5.32 Å². The monoisotopic (exact) mass is 268 g/mol. The lowest BCUT2D eigenvalue weighted by molar-refractivity contribution is -0.385. The molecule has 1 aliphatic rings. The predicted octanol–water partition coefficient (Wildman–Crippen LogP) is 1.24. The zero-order chi connectivity index (χ0) is 14.0.